The molecule has 0 saturated heterocycles. The second-order valence-electron chi connectivity index (χ2n) is 4.02. The second-order valence-corrected chi connectivity index (χ2v) is 5.28. The number of thiocarbonyl (C=S) groups is 1. The van der Waals surface area contributed by atoms with Gasteiger partial charge in [-0.1, -0.05) is 6.92 Å². The summed E-state index contributed by atoms with van der Waals surface area (Å²) in [6.45, 7) is 2.60. The average molecular weight is 390 g/mol. The molecule has 1 aromatic rings. The number of carbonyl (C=O) groups excluding carboxylic acids is 2. The largest absolute Gasteiger partial charge is 0.492 e. The van der Waals surface area contributed by atoms with Crippen LogP contribution in [0.4, 0.5) is 4.79 Å². The average Bonchev–Trinajstić information content (AvgIpc) is 2.51. The number of amides is 2. The molecule has 0 fully saturated rings. The molecule has 1 aromatic carbocycles. The summed E-state index contributed by atoms with van der Waals surface area (Å²) in [7, 11) is 1.21. The van der Waals surface area contributed by atoms with Crippen molar-refractivity contribution < 1.29 is 19.1 Å². The number of hydrazine groups is 1. The lowest BCUT2D eigenvalue weighted by atomic mass is 10.2. The molecule has 2 amide bonds. The molecule has 0 bridgehead atoms. The number of carbonyl (C=O) groups is 2. The van der Waals surface area contributed by atoms with Gasteiger partial charge in [0.2, 0.25) is 0 Å². The minimum absolute atomic E-state index is 0.0576. The van der Waals surface area contributed by atoms with Gasteiger partial charge in [0.25, 0.3) is 5.91 Å². The predicted molar refractivity (Wildman–Crippen MR) is 88.7 cm³/mol. The molecule has 0 heterocycles. The molecule has 9 heteroatoms. The monoisotopic (exact) mass is 389 g/mol. The Morgan fingerprint density at radius 1 is 1.32 bits per heavy atom. The number of hydrogen-bond donors (Lipinski definition) is 3. The number of hydrogen-bond acceptors (Lipinski definition) is 5. The number of ether oxygens (including phenoxy) is 2. The maximum atomic E-state index is 12.0. The highest BCUT2D eigenvalue weighted by molar-refractivity contribution is 9.10. The van der Waals surface area contributed by atoms with E-state index >= 15 is 0 Å². The van der Waals surface area contributed by atoms with Crippen LogP contribution in [0, 0.1) is 0 Å². The van der Waals surface area contributed by atoms with Gasteiger partial charge in [-0.15, -0.1) is 0 Å². The van der Waals surface area contributed by atoms with E-state index in [9.17, 15) is 9.59 Å². The zero-order chi connectivity index (χ0) is 16.5. The topological polar surface area (TPSA) is 88.7 Å². The first-order chi connectivity index (χ1) is 10.5. The molecule has 7 nitrogen and oxygen atoms in total. The highest BCUT2D eigenvalue weighted by Crippen LogP contribution is 2.26. The molecule has 0 spiro atoms. The van der Waals surface area contributed by atoms with Crippen LogP contribution in [-0.4, -0.2) is 30.8 Å². The molecule has 3 N–H and O–H groups in total. The van der Waals surface area contributed by atoms with Crippen LogP contribution in [0.2, 0.25) is 0 Å². The fraction of sp³-hybridized carbons (Fsp3) is 0.308. The summed E-state index contributed by atoms with van der Waals surface area (Å²) in [5, 5.41) is 2.36. The van der Waals surface area contributed by atoms with Crippen molar-refractivity contribution in [1.82, 2.24) is 16.2 Å². The third-order valence-corrected chi connectivity index (χ3v) is 3.17. The summed E-state index contributed by atoms with van der Waals surface area (Å²) >= 11 is 8.21. The smallest absolute Gasteiger partial charge is 0.425 e. The van der Waals surface area contributed by atoms with E-state index in [0.29, 0.717) is 22.4 Å². The summed E-state index contributed by atoms with van der Waals surface area (Å²) < 4.78 is 10.5. The van der Waals surface area contributed by atoms with Crippen LogP contribution in [0.5, 0.6) is 5.75 Å². The molecule has 0 aliphatic carbocycles. The van der Waals surface area contributed by atoms with Crippen LogP contribution in [0.25, 0.3) is 0 Å². The zero-order valence-electron chi connectivity index (χ0n) is 12.1. The van der Waals surface area contributed by atoms with E-state index in [1.165, 1.54) is 7.11 Å². The minimum atomic E-state index is -0.725. The SMILES string of the molecule is CCCOc1ccc(C(=O)NC(=S)NNC(=O)OC)cc1Br. The van der Waals surface area contributed by atoms with Crippen LogP contribution in [-0.2, 0) is 4.74 Å². The Hall–Kier alpha value is -1.87. The van der Waals surface area contributed by atoms with Gasteiger partial charge in [-0.05, 0) is 52.8 Å². The van der Waals surface area contributed by atoms with Crippen LogP contribution in [0.15, 0.2) is 22.7 Å². The van der Waals surface area contributed by atoms with Gasteiger partial charge in [-0.25, -0.2) is 10.2 Å². The van der Waals surface area contributed by atoms with E-state index < -0.39 is 12.0 Å². The van der Waals surface area contributed by atoms with Gasteiger partial charge in [0, 0.05) is 5.56 Å². The minimum Gasteiger partial charge on any atom is -0.492 e. The number of nitrogens with one attached hydrogen (secondary N) is 3. The summed E-state index contributed by atoms with van der Waals surface area (Å²) in [6, 6.07) is 4.93. The van der Waals surface area contributed by atoms with Gasteiger partial charge in [0.15, 0.2) is 5.11 Å². The zero-order valence-corrected chi connectivity index (χ0v) is 14.5. The molecule has 0 unspecified atom stereocenters. The first-order valence-electron chi connectivity index (χ1n) is 6.35. The van der Waals surface area contributed by atoms with Gasteiger partial charge in [0.1, 0.15) is 5.75 Å². The summed E-state index contributed by atoms with van der Waals surface area (Å²) in [6.07, 6.45) is 0.165. The third kappa shape index (κ3) is 5.86. The van der Waals surface area contributed by atoms with Crippen molar-refractivity contribution in [2.75, 3.05) is 13.7 Å². The van der Waals surface area contributed by atoms with E-state index in [2.05, 4.69) is 36.8 Å². The fourth-order valence-electron chi connectivity index (χ4n) is 1.34. The first kappa shape index (κ1) is 18.2. The van der Waals surface area contributed by atoms with E-state index in [1.807, 2.05) is 6.92 Å². The second kappa shape index (κ2) is 9.21. The highest BCUT2D eigenvalue weighted by Gasteiger charge is 2.11. The van der Waals surface area contributed by atoms with Crippen LogP contribution >= 0.6 is 28.1 Å². The summed E-state index contributed by atoms with van der Waals surface area (Å²) in [4.78, 5) is 22.9. The number of benzene rings is 1. The number of rotatable bonds is 4. The van der Waals surface area contributed by atoms with Crippen LogP contribution in [0.1, 0.15) is 23.7 Å². The molecular weight excluding hydrogens is 374 g/mol. The molecule has 0 saturated carbocycles. The van der Waals surface area contributed by atoms with Crippen molar-refractivity contribution in [2.45, 2.75) is 13.3 Å². The lowest BCUT2D eigenvalue weighted by Gasteiger charge is -2.11. The maximum absolute atomic E-state index is 12.0. The summed E-state index contributed by atoms with van der Waals surface area (Å²) in [5.74, 6) is 0.235. The Morgan fingerprint density at radius 3 is 2.64 bits per heavy atom. The van der Waals surface area contributed by atoms with E-state index in [4.69, 9.17) is 17.0 Å². The van der Waals surface area contributed by atoms with Crippen molar-refractivity contribution in [2.24, 2.45) is 0 Å². The summed E-state index contributed by atoms with van der Waals surface area (Å²) in [5.41, 5.74) is 4.85. The Balaban J connectivity index is 2.60. The van der Waals surface area contributed by atoms with Crippen LogP contribution < -0.4 is 20.9 Å². The standard InChI is InChI=1S/C13H16BrN3O4S/c1-3-6-21-10-5-4-8(7-9(10)14)11(18)15-12(22)16-17-13(19)20-2/h4-5,7H,3,6H2,1-2H3,(H,17,19)(H2,15,16,18,22). The van der Waals surface area contributed by atoms with E-state index in [0.717, 1.165) is 6.42 Å². The van der Waals surface area contributed by atoms with Crippen molar-refractivity contribution in [1.29, 1.82) is 0 Å². The van der Waals surface area contributed by atoms with Crippen molar-refractivity contribution in [3.63, 3.8) is 0 Å². The predicted octanol–water partition coefficient (Wildman–Crippen LogP) is 2.11. The number of halogens is 1. The van der Waals surface area contributed by atoms with Gasteiger partial charge < -0.3 is 9.47 Å². The van der Waals surface area contributed by atoms with Crippen molar-refractivity contribution >= 4 is 45.3 Å². The highest BCUT2D eigenvalue weighted by atomic mass is 79.9. The Bertz CT molecular complexity index is 568. The molecule has 0 atom stereocenters. The van der Waals surface area contributed by atoms with Crippen molar-refractivity contribution in [3.8, 4) is 5.75 Å². The Labute approximate surface area is 141 Å². The van der Waals surface area contributed by atoms with Crippen LogP contribution in [0.3, 0.4) is 0 Å². The Kier molecular flexibility index (Phi) is 7.61. The Morgan fingerprint density at radius 2 is 2.05 bits per heavy atom. The normalized spacial score (nSPS) is 9.59. The fourth-order valence-corrected chi connectivity index (χ4v) is 1.97. The van der Waals surface area contributed by atoms with Gasteiger partial charge >= 0.3 is 6.09 Å². The van der Waals surface area contributed by atoms with E-state index in [1.54, 1.807) is 18.2 Å². The maximum Gasteiger partial charge on any atom is 0.425 e. The van der Waals surface area contributed by atoms with Gasteiger partial charge in [-0.2, -0.15) is 0 Å². The van der Waals surface area contributed by atoms with E-state index in [-0.39, 0.29) is 5.11 Å². The quantitative estimate of drug-likeness (QED) is 0.539. The lowest BCUT2D eigenvalue weighted by Crippen LogP contribution is -2.48. The van der Waals surface area contributed by atoms with Crippen molar-refractivity contribution in [3.05, 3.63) is 28.2 Å². The molecule has 120 valence electrons. The molecule has 1 rings (SSSR count). The molecule has 0 aliphatic rings. The van der Waals surface area contributed by atoms with Gasteiger partial charge in [-0.3, -0.25) is 15.5 Å². The lowest BCUT2D eigenvalue weighted by molar-refractivity contribution is 0.0975. The molecular formula is C13H16BrN3O4S. The van der Waals surface area contributed by atoms with Gasteiger partial charge in [0.05, 0.1) is 18.2 Å². The molecule has 0 aromatic heterocycles. The molecule has 22 heavy (non-hydrogen) atoms. The number of methoxy groups -OCH3 is 1. The third-order valence-electron chi connectivity index (χ3n) is 2.35. The first-order valence-corrected chi connectivity index (χ1v) is 7.55. The molecule has 0 aliphatic heterocycles. The molecule has 0 radical (unpaired) electrons.